The van der Waals surface area contributed by atoms with E-state index < -0.39 is 35.0 Å². The van der Waals surface area contributed by atoms with Gasteiger partial charge in [-0.15, -0.1) is 0 Å². The van der Waals surface area contributed by atoms with Crippen molar-refractivity contribution in [2.45, 2.75) is 57.8 Å². The molecule has 0 bridgehead atoms. The number of rotatable bonds is 5. The highest BCUT2D eigenvalue weighted by Gasteiger charge is 2.29. The maximum Gasteiger partial charge on any atom is 0.194 e. The van der Waals surface area contributed by atoms with Crippen LogP contribution in [-0.2, 0) is 19.3 Å². The fourth-order valence-electron chi connectivity index (χ4n) is 3.82. The van der Waals surface area contributed by atoms with Gasteiger partial charge in [0, 0.05) is 5.56 Å². The van der Waals surface area contributed by atoms with Crippen LogP contribution in [0, 0.1) is 29.1 Å². The van der Waals surface area contributed by atoms with E-state index >= 15 is 0 Å². The first-order valence-electron chi connectivity index (χ1n) is 9.05. The first-order chi connectivity index (χ1) is 12.4. The maximum atomic E-state index is 14.6. The number of unbranched alkanes of at least 4 members (excludes halogenated alkanes) is 2. The van der Waals surface area contributed by atoms with E-state index in [9.17, 15) is 22.0 Å². The normalized spacial score (nSPS) is 16.6. The van der Waals surface area contributed by atoms with Crippen LogP contribution in [0.4, 0.5) is 22.0 Å². The summed E-state index contributed by atoms with van der Waals surface area (Å²) in [4.78, 5) is 0. The van der Waals surface area contributed by atoms with E-state index in [2.05, 4.69) is 6.92 Å². The molecule has 1 atom stereocenters. The van der Waals surface area contributed by atoms with Crippen molar-refractivity contribution in [3.8, 4) is 0 Å². The molecule has 2 aromatic carbocycles. The Hall–Kier alpha value is -1.91. The van der Waals surface area contributed by atoms with Crippen LogP contribution < -0.4 is 0 Å². The third-order valence-corrected chi connectivity index (χ3v) is 5.18. The molecule has 0 amide bonds. The van der Waals surface area contributed by atoms with Gasteiger partial charge in [0.25, 0.3) is 0 Å². The van der Waals surface area contributed by atoms with Gasteiger partial charge in [-0.2, -0.15) is 0 Å². The highest BCUT2D eigenvalue weighted by Crippen LogP contribution is 2.37. The largest absolute Gasteiger partial charge is 0.207 e. The second-order valence-electron chi connectivity index (χ2n) is 6.99. The number of fused-ring (bicyclic) bond motifs is 1. The zero-order valence-corrected chi connectivity index (χ0v) is 14.6. The van der Waals surface area contributed by atoms with Gasteiger partial charge in [-0.25, -0.2) is 22.0 Å². The number of hydrogen-bond acceptors (Lipinski definition) is 0. The fourth-order valence-corrected chi connectivity index (χ4v) is 3.82. The van der Waals surface area contributed by atoms with E-state index in [0.717, 1.165) is 25.3 Å². The topological polar surface area (TPSA) is 0 Å². The average molecular weight is 368 g/mol. The molecule has 3 rings (SSSR count). The third-order valence-electron chi connectivity index (χ3n) is 5.18. The number of benzene rings is 2. The molecule has 2 aromatic rings. The average Bonchev–Trinajstić information content (AvgIpc) is 2.59. The Morgan fingerprint density at radius 3 is 2.23 bits per heavy atom. The van der Waals surface area contributed by atoms with Crippen molar-refractivity contribution in [1.29, 1.82) is 0 Å². The van der Waals surface area contributed by atoms with Gasteiger partial charge >= 0.3 is 0 Å². The Labute approximate surface area is 150 Å². The number of aryl methyl sites for hydroxylation is 1. The molecule has 0 N–H and O–H groups in total. The van der Waals surface area contributed by atoms with Crippen LogP contribution >= 0.6 is 0 Å². The van der Waals surface area contributed by atoms with Crippen molar-refractivity contribution in [2.75, 3.05) is 0 Å². The van der Waals surface area contributed by atoms with Gasteiger partial charge < -0.3 is 0 Å². The van der Waals surface area contributed by atoms with Crippen molar-refractivity contribution in [1.82, 2.24) is 0 Å². The van der Waals surface area contributed by atoms with E-state index in [0.29, 0.717) is 12.0 Å². The Kier molecular flexibility index (Phi) is 5.64. The summed E-state index contributed by atoms with van der Waals surface area (Å²) in [5.74, 6) is -5.70. The lowest BCUT2D eigenvalue weighted by atomic mass is 9.79. The quantitative estimate of drug-likeness (QED) is 0.326. The lowest BCUT2D eigenvalue weighted by Crippen LogP contribution is -2.18. The molecule has 0 aliphatic heterocycles. The molecule has 5 heteroatoms. The summed E-state index contributed by atoms with van der Waals surface area (Å²) >= 11 is 0. The summed E-state index contributed by atoms with van der Waals surface area (Å²) in [7, 11) is 0. The van der Waals surface area contributed by atoms with Gasteiger partial charge in [0.15, 0.2) is 17.5 Å². The first-order valence-corrected chi connectivity index (χ1v) is 9.05. The number of halogens is 5. The van der Waals surface area contributed by atoms with Crippen LogP contribution in [0.15, 0.2) is 18.2 Å². The highest BCUT2D eigenvalue weighted by atomic mass is 19.2. The molecule has 1 unspecified atom stereocenters. The predicted molar refractivity (Wildman–Crippen MR) is 90.7 cm³/mol. The smallest absolute Gasteiger partial charge is 0.194 e. The van der Waals surface area contributed by atoms with E-state index in [4.69, 9.17) is 0 Å². The van der Waals surface area contributed by atoms with Gasteiger partial charge in [0.1, 0.15) is 11.6 Å². The van der Waals surface area contributed by atoms with Crippen molar-refractivity contribution in [3.05, 3.63) is 69.5 Å². The van der Waals surface area contributed by atoms with Gasteiger partial charge in [-0.05, 0) is 72.9 Å². The minimum Gasteiger partial charge on any atom is -0.207 e. The van der Waals surface area contributed by atoms with E-state index in [1.165, 1.54) is 12.1 Å². The summed E-state index contributed by atoms with van der Waals surface area (Å²) < 4.78 is 69.8. The zero-order chi connectivity index (χ0) is 18.8. The van der Waals surface area contributed by atoms with Crippen LogP contribution in [-0.4, -0.2) is 0 Å². The SMILES string of the molecule is CCCCCc1cc(F)c(C2CCc3c(cc(F)c(F)c3F)C2)c(F)c1. The Morgan fingerprint density at radius 1 is 0.885 bits per heavy atom. The summed E-state index contributed by atoms with van der Waals surface area (Å²) in [5, 5.41) is 0. The van der Waals surface area contributed by atoms with Gasteiger partial charge in [0.2, 0.25) is 0 Å². The fraction of sp³-hybridized carbons (Fsp3) is 0.429. The van der Waals surface area contributed by atoms with Crippen molar-refractivity contribution in [3.63, 3.8) is 0 Å². The molecule has 0 nitrogen and oxygen atoms in total. The van der Waals surface area contributed by atoms with Gasteiger partial charge in [0.05, 0.1) is 0 Å². The molecule has 140 valence electrons. The molecule has 0 aromatic heterocycles. The monoisotopic (exact) mass is 368 g/mol. The molecule has 0 heterocycles. The highest BCUT2D eigenvalue weighted by molar-refractivity contribution is 5.38. The standard InChI is InChI=1S/C21H21F5/c1-2-3-4-5-12-8-16(22)19(17(23)9-12)13-6-7-15-14(10-13)11-18(24)21(26)20(15)25/h8-9,11,13H,2-7,10H2,1H3. The van der Waals surface area contributed by atoms with Crippen LogP contribution in [0.1, 0.15) is 60.8 Å². The molecular formula is C21H21F5. The van der Waals surface area contributed by atoms with Crippen molar-refractivity contribution < 1.29 is 22.0 Å². The molecule has 0 saturated carbocycles. The Bertz CT molecular complexity index is 790. The zero-order valence-electron chi connectivity index (χ0n) is 14.6. The lowest BCUT2D eigenvalue weighted by molar-refractivity contribution is 0.424. The molecule has 1 aliphatic carbocycles. The molecule has 0 saturated heterocycles. The molecule has 0 spiro atoms. The second kappa shape index (κ2) is 7.77. The van der Waals surface area contributed by atoms with Gasteiger partial charge in [-0.3, -0.25) is 0 Å². The molecule has 1 aliphatic rings. The van der Waals surface area contributed by atoms with Gasteiger partial charge in [-0.1, -0.05) is 19.8 Å². The van der Waals surface area contributed by atoms with E-state index in [1.807, 2.05) is 0 Å². The van der Waals surface area contributed by atoms with E-state index in [-0.39, 0.29) is 36.0 Å². The minimum atomic E-state index is -1.49. The molecule has 0 fully saturated rings. The van der Waals surface area contributed by atoms with Crippen molar-refractivity contribution >= 4 is 0 Å². The third kappa shape index (κ3) is 3.62. The summed E-state index contributed by atoms with van der Waals surface area (Å²) in [6.45, 7) is 2.06. The molecular weight excluding hydrogens is 347 g/mol. The van der Waals surface area contributed by atoms with Crippen LogP contribution in [0.25, 0.3) is 0 Å². The van der Waals surface area contributed by atoms with Crippen LogP contribution in [0.2, 0.25) is 0 Å². The number of hydrogen-bond donors (Lipinski definition) is 0. The Balaban J connectivity index is 1.87. The lowest BCUT2D eigenvalue weighted by Gasteiger charge is -2.26. The summed E-state index contributed by atoms with van der Waals surface area (Å²) in [6.07, 6.45) is 4.02. The molecule has 26 heavy (non-hydrogen) atoms. The van der Waals surface area contributed by atoms with Crippen LogP contribution in [0.3, 0.4) is 0 Å². The predicted octanol–water partition coefficient (Wildman–Crippen LogP) is 6.39. The second-order valence-corrected chi connectivity index (χ2v) is 6.99. The van der Waals surface area contributed by atoms with Crippen molar-refractivity contribution in [2.24, 2.45) is 0 Å². The summed E-state index contributed by atoms with van der Waals surface area (Å²) in [6, 6.07) is 3.65. The maximum absolute atomic E-state index is 14.6. The minimum absolute atomic E-state index is 0.0416. The first kappa shape index (κ1) is 18.9. The Morgan fingerprint density at radius 2 is 1.58 bits per heavy atom. The van der Waals surface area contributed by atoms with Crippen LogP contribution in [0.5, 0.6) is 0 Å². The molecule has 0 radical (unpaired) electrons. The summed E-state index contributed by atoms with van der Waals surface area (Å²) in [5.41, 5.74) is 0.966. The van der Waals surface area contributed by atoms with E-state index in [1.54, 1.807) is 0 Å².